The molecule has 1 aliphatic carbocycles. The fourth-order valence-electron chi connectivity index (χ4n) is 2.06. The number of rotatable bonds is 5. The molecule has 0 heterocycles. The lowest BCUT2D eigenvalue weighted by Crippen LogP contribution is -2.51. The van der Waals surface area contributed by atoms with Crippen molar-refractivity contribution in [2.24, 2.45) is 5.14 Å². The molecule has 1 aliphatic rings. The van der Waals surface area contributed by atoms with Gasteiger partial charge in [0.25, 0.3) is 22.1 Å². The summed E-state index contributed by atoms with van der Waals surface area (Å²) in [6.07, 6.45) is -3.22. The predicted molar refractivity (Wildman–Crippen MR) is 85.3 cm³/mol. The monoisotopic (exact) mass is 411 g/mol. The van der Waals surface area contributed by atoms with Crippen molar-refractivity contribution in [3.8, 4) is 0 Å². The van der Waals surface area contributed by atoms with Crippen molar-refractivity contribution in [2.75, 3.05) is 5.73 Å². The van der Waals surface area contributed by atoms with Crippen LogP contribution in [0.25, 0.3) is 0 Å². The van der Waals surface area contributed by atoms with E-state index in [1.807, 2.05) is 0 Å². The number of hydrogen-bond acceptors (Lipinski definition) is 6. The second kappa shape index (κ2) is 6.41. The summed E-state index contributed by atoms with van der Waals surface area (Å²) in [6, 6.07) is 4.45. The van der Waals surface area contributed by atoms with Crippen molar-refractivity contribution >= 4 is 31.5 Å². The lowest BCUT2D eigenvalue weighted by atomic mass is 9.92. The van der Waals surface area contributed by atoms with Gasteiger partial charge in [0, 0.05) is 5.69 Å². The zero-order chi connectivity index (χ0) is 19.9. The van der Waals surface area contributed by atoms with Crippen LogP contribution < -0.4 is 15.6 Å². The van der Waals surface area contributed by atoms with Crippen molar-refractivity contribution in [2.45, 2.75) is 17.0 Å². The SMILES string of the molecule is Nc1ccc(S(=O)(=O)NC2=CC=C(S(N)(=O)=O)C(=O)C2(F)C(F)F)cc1. The molecule has 2 rings (SSSR count). The summed E-state index contributed by atoms with van der Waals surface area (Å²) in [6.45, 7) is 0. The van der Waals surface area contributed by atoms with Gasteiger partial charge in [0.2, 0.25) is 15.8 Å². The number of carbonyl (C=O) groups excluding carboxylic acids is 1. The Hall–Kier alpha value is -2.38. The van der Waals surface area contributed by atoms with Crippen LogP contribution >= 0.6 is 0 Å². The van der Waals surface area contributed by atoms with Crippen molar-refractivity contribution in [1.29, 1.82) is 0 Å². The van der Waals surface area contributed by atoms with E-state index < -0.39 is 53.4 Å². The van der Waals surface area contributed by atoms with Gasteiger partial charge in [-0.25, -0.2) is 35.1 Å². The van der Waals surface area contributed by atoms with Gasteiger partial charge >= 0.3 is 0 Å². The normalized spacial score (nSPS) is 21.3. The molecule has 0 radical (unpaired) electrons. The Labute approximate surface area is 146 Å². The molecule has 0 aromatic heterocycles. The first-order chi connectivity index (χ1) is 11.8. The van der Waals surface area contributed by atoms with Crippen molar-refractivity contribution in [3.63, 3.8) is 0 Å². The molecule has 0 bridgehead atoms. The molecular weight excluding hydrogens is 399 g/mol. The molecule has 26 heavy (non-hydrogen) atoms. The number of sulfonamides is 2. The van der Waals surface area contributed by atoms with Crippen LogP contribution in [-0.4, -0.2) is 34.7 Å². The minimum atomic E-state index is -4.80. The van der Waals surface area contributed by atoms with Crippen molar-refractivity contribution in [1.82, 2.24) is 4.72 Å². The first-order valence-electron chi connectivity index (χ1n) is 6.65. The van der Waals surface area contributed by atoms with Crippen LogP contribution in [-0.2, 0) is 24.8 Å². The highest BCUT2D eigenvalue weighted by Gasteiger charge is 2.56. The van der Waals surface area contributed by atoms with E-state index in [1.165, 1.54) is 12.1 Å². The van der Waals surface area contributed by atoms with E-state index in [4.69, 9.17) is 10.9 Å². The average molecular weight is 411 g/mol. The molecule has 0 saturated heterocycles. The lowest BCUT2D eigenvalue weighted by Gasteiger charge is -2.29. The van der Waals surface area contributed by atoms with E-state index in [0.717, 1.165) is 12.1 Å². The largest absolute Gasteiger partial charge is 0.399 e. The smallest absolute Gasteiger partial charge is 0.285 e. The number of alkyl halides is 3. The van der Waals surface area contributed by atoms with E-state index >= 15 is 0 Å². The molecule has 0 aliphatic heterocycles. The van der Waals surface area contributed by atoms with E-state index in [9.17, 15) is 34.8 Å². The topological polar surface area (TPSA) is 149 Å². The third-order valence-electron chi connectivity index (χ3n) is 3.39. The summed E-state index contributed by atoms with van der Waals surface area (Å²) in [7, 11) is -9.37. The highest BCUT2D eigenvalue weighted by Crippen LogP contribution is 2.36. The Morgan fingerprint density at radius 1 is 1.04 bits per heavy atom. The highest BCUT2D eigenvalue weighted by atomic mass is 32.2. The number of allylic oxidation sites excluding steroid dienone is 4. The van der Waals surface area contributed by atoms with Gasteiger partial charge in [0.15, 0.2) is 0 Å². The third-order valence-corrected chi connectivity index (χ3v) is 5.71. The summed E-state index contributed by atoms with van der Waals surface area (Å²) < 4.78 is 89.8. The predicted octanol–water partition coefficient (Wildman–Crippen LogP) is 0.160. The zero-order valence-corrected chi connectivity index (χ0v) is 14.3. The molecule has 0 fully saturated rings. The zero-order valence-electron chi connectivity index (χ0n) is 12.7. The van der Waals surface area contributed by atoms with Gasteiger partial charge in [-0.3, -0.25) is 9.52 Å². The number of carbonyl (C=O) groups is 1. The van der Waals surface area contributed by atoms with Crippen LogP contribution in [0.4, 0.5) is 18.9 Å². The minimum Gasteiger partial charge on any atom is -0.399 e. The van der Waals surface area contributed by atoms with E-state index in [-0.39, 0.29) is 5.69 Å². The molecule has 1 atom stereocenters. The second-order valence-corrected chi connectivity index (χ2v) is 8.38. The molecule has 8 nitrogen and oxygen atoms in total. The Morgan fingerprint density at radius 3 is 2.04 bits per heavy atom. The minimum absolute atomic E-state index is 0.212. The number of anilines is 1. The first-order valence-corrected chi connectivity index (χ1v) is 9.68. The molecule has 1 unspecified atom stereocenters. The maximum Gasteiger partial charge on any atom is 0.285 e. The number of hydrogen-bond donors (Lipinski definition) is 3. The molecule has 1 aromatic carbocycles. The van der Waals surface area contributed by atoms with Crippen LogP contribution in [0.15, 0.2) is 51.9 Å². The first kappa shape index (κ1) is 19.9. The van der Waals surface area contributed by atoms with E-state index in [2.05, 4.69) is 0 Å². The van der Waals surface area contributed by atoms with Crippen molar-refractivity contribution < 1.29 is 34.8 Å². The Kier molecular flexibility index (Phi) is 4.91. The van der Waals surface area contributed by atoms with E-state index in [1.54, 1.807) is 4.72 Å². The maximum absolute atomic E-state index is 14.8. The Morgan fingerprint density at radius 2 is 1.58 bits per heavy atom. The number of benzene rings is 1. The van der Waals surface area contributed by atoms with Gasteiger partial charge in [-0.1, -0.05) is 0 Å². The van der Waals surface area contributed by atoms with Crippen LogP contribution in [0.5, 0.6) is 0 Å². The Balaban J connectivity index is 2.55. The molecule has 142 valence electrons. The van der Waals surface area contributed by atoms with Gasteiger partial charge in [-0.2, -0.15) is 0 Å². The van der Waals surface area contributed by atoms with Crippen LogP contribution in [0, 0.1) is 0 Å². The van der Waals surface area contributed by atoms with Gasteiger partial charge in [0.1, 0.15) is 4.91 Å². The number of halogens is 3. The van der Waals surface area contributed by atoms with Crippen molar-refractivity contribution in [3.05, 3.63) is 47.0 Å². The molecule has 0 saturated carbocycles. The summed E-state index contributed by atoms with van der Waals surface area (Å²) in [5.74, 6) is -2.17. The number of Topliss-reactive ketones (excluding diaryl/α,β-unsaturated/α-hetero) is 1. The van der Waals surface area contributed by atoms with Gasteiger partial charge in [-0.05, 0) is 36.4 Å². The van der Waals surface area contributed by atoms with Gasteiger partial charge in [-0.15, -0.1) is 0 Å². The van der Waals surface area contributed by atoms with Gasteiger partial charge in [0.05, 0.1) is 10.6 Å². The van der Waals surface area contributed by atoms with Crippen LogP contribution in [0.3, 0.4) is 0 Å². The van der Waals surface area contributed by atoms with Crippen LogP contribution in [0.1, 0.15) is 0 Å². The number of ketones is 1. The molecule has 0 amide bonds. The standard InChI is InChI=1S/C13H12F3N3O5S2/c14-12(15)13(16)10(6-5-9(11(13)20)25(18,21)22)19-26(23,24)8-3-1-7(17)2-4-8/h1-6,12,19H,17H2,(H2,18,21,22). The molecule has 13 heteroatoms. The quantitative estimate of drug-likeness (QED) is 0.588. The van der Waals surface area contributed by atoms with Gasteiger partial charge < -0.3 is 5.73 Å². The summed E-state index contributed by atoms with van der Waals surface area (Å²) >= 11 is 0. The summed E-state index contributed by atoms with van der Waals surface area (Å²) in [5, 5.41) is 4.69. The Bertz CT molecular complexity index is 1020. The molecular formula is C13H12F3N3O5S2. The lowest BCUT2D eigenvalue weighted by molar-refractivity contribution is -0.133. The highest BCUT2D eigenvalue weighted by molar-refractivity contribution is 7.94. The molecule has 0 spiro atoms. The number of nitrogens with one attached hydrogen (secondary N) is 1. The number of nitrogens with two attached hydrogens (primary N) is 2. The van der Waals surface area contributed by atoms with Crippen LogP contribution in [0.2, 0.25) is 0 Å². The fraction of sp³-hybridized carbons (Fsp3) is 0.154. The number of primary sulfonamides is 1. The molecule has 5 N–H and O–H groups in total. The third kappa shape index (κ3) is 3.45. The summed E-state index contributed by atoms with van der Waals surface area (Å²) in [4.78, 5) is 10.1. The average Bonchev–Trinajstić information content (AvgIpc) is 2.50. The molecule has 1 aromatic rings. The maximum atomic E-state index is 14.8. The fourth-order valence-corrected chi connectivity index (χ4v) is 3.84. The summed E-state index contributed by atoms with van der Waals surface area (Å²) in [5.41, 5.74) is 0.0322. The second-order valence-electron chi connectivity index (χ2n) is 5.17. The van der Waals surface area contributed by atoms with E-state index in [0.29, 0.717) is 12.2 Å². The number of nitrogen functional groups attached to an aromatic ring is 1.